The van der Waals surface area contributed by atoms with E-state index in [1.165, 1.54) is 17.5 Å². The maximum atomic E-state index is 11.7. The smallest absolute Gasteiger partial charge is 0.219 e. The van der Waals surface area contributed by atoms with Gasteiger partial charge in [0.05, 0.1) is 6.04 Å². The molecule has 1 amide bonds. The number of hydrogen-bond donors (Lipinski definition) is 0. The number of carbonyl (C=O) groups excluding carboxylic acids is 1. The van der Waals surface area contributed by atoms with Gasteiger partial charge in [0.15, 0.2) is 0 Å². The van der Waals surface area contributed by atoms with Crippen LogP contribution in [0.2, 0.25) is 0 Å². The van der Waals surface area contributed by atoms with E-state index in [2.05, 4.69) is 50.9 Å². The first kappa shape index (κ1) is 17.2. The maximum absolute atomic E-state index is 11.7. The zero-order valence-corrected chi connectivity index (χ0v) is 15.7. The predicted molar refractivity (Wildman–Crippen MR) is 99.5 cm³/mol. The molecular formula is C20H27N5O. The zero-order chi connectivity index (χ0) is 18.1. The van der Waals surface area contributed by atoms with Crippen molar-refractivity contribution in [3.8, 4) is 0 Å². The first-order valence-corrected chi connectivity index (χ1v) is 9.59. The second-order valence-electron chi connectivity index (χ2n) is 7.44. The Morgan fingerprint density at radius 3 is 2.81 bits per heavy atom. The molecule has 2 aromatic rings. The molecule has 4 rings (SSSR count). The highest BCUT2D eigenvalue weighted by atomic mass is 16.2. The molecule has 2 aliphatic heterocycles. The number of carbonyl (C=O) groups is 1. The lowest BCUT2D eigenvalue weighted by atomic mass is 10.1. The summed E-state index contributed by atoms with van der Waals surface area (Å²) in [5.41, 5.74) is 2.73. The van der Waals surface area contributed by atoms with E-state index >= 15 is 0 Å². The van der Waals surface area contributed by atoms with Gasteiger partial charge in [-0.2, -0.15) is 0 Å². The van der Waals surface area contributed by atoms with E-state index in [1.54, 1.807) is 6.92 Å². The normalized spacial score (nSPS) is 20.8. The Morgan fingerprint density at radius 2 is 2.00 bits per heavy atom. The molecule has 26 heavy (non-hydrogen) atoms. The minimum Gasteiger partial charge on any atom is -0.341 e. The number of rotatable bonds is 3. The standard InChI is InChI=1S/C20H27N5O/c1-15-6-3-4-7-17(15)14-24-10-5-8-18(24)20-22-21-19-9-11-23(16(2)26)12-13-25(19)20/h3-4,6-7,18H,5,8-14H2,1-2H3/t18-/m1/s1. The SMILES string of the molecule is CC(=O)N1CCc2nnc([C@H]3CCCN3Cc3ccccc3C)n2CC1. The van der Waals surface area contributed by atoms with E-state index in [0.717, 1.165) is 57.2 Å². The molecule has 1 saturated heterocycles. The molecule has 0 aliphatic carbocycles. The van der Waals surface area contributed by atoms with E-state index in [0.29, 0.717) is 6.04 Å². The summed E-state index contributed by atoms with van der Waals surface area (Å²) in [4.78, 5) is 16.2. The summed E-state index contributed by atoms with van der Waals surface area (Å²) in [6.45, 7) is 8.17. The van der Waals surface area contributed by atoms with Gasteiger partial charge in [0.1, 0.15) is 11.6 Å². The van der Waals surface area contributed by atoms with E-state index in [4.69, 9.17) is 0 Å². The van der Waals surface area contributed by atoms with Crippen LogP contribution >= 0.6 is 0 Å². The Bertz CT molecular complexity index is 799. The van der Waals surface area contributed by atoms with Crippen LogP contribution in [-0.2, 0) is 24.3 Å². The zero-order valence-electron chi connectivity index (χ0n) is 15.7. The molecule has 2 aliphatic rings. The quantitative estimate of drug-likeness (QED) is 0.850. The van der Waals surface area contributed by atoms with Crippen molar-refractivity contribution < 1.29 is 4.79 Å². The van der Waals surface area contributed by atoms with Crippen LogP contribution in [0.3, 0.4) is 0 Å². The molecule has 1 atom stereocenters. The Balaban J connectivity index is 1.55. The van der Waals surface area contributed by atoms with Crippen molar-refractivity contribution in [3.05, 3.63) is 47.0 Å². The number of nitrogens with zero attached hydrogens (tertiary/aromatic N) is 5. The molecule has 6 heteroatoms. The Morgan fingerprint density at radius 1 is 1.15 bits per heavy atom. The topological polar surface area (TPSA) is 54.3 Å². The van der Waals surface area contributed by atoms with Gasteiger partial charge in [-0.15, -0.1) is 10.2 Å². The van der Waals surface area contributed by atoms with Gasteiger partial charge < -0.3 is 9.47 Å². The fourth-order valence-electron chi connectivity index (χ4n) is 4.22. The number of likely N-dealkylation sites (tertiary alicyclic amines) is 1. The number of hydrogen-bond acceptors (Lipinski definition) is 4. The van der Waals surface area contributed by atoms with Crippen LogP contribution in [0.1, 0.15) is 48.6 Å². The summed E-state index contributed by atoms with van der Waals surface area (Å²) < 4.78 is 2.27. The highest BCUT2D eigenvalue weighted by Gasteiger charge is 2.32. The van der Waals surface area contributed by atoms with Crippen molar-refractivity contribution in [2.75, 3.05) is 19.6 Å². The minimum atomic E-state index is 0.146. The van der Waals surface area contributed by atoms with E-state index in [9.17, 15) is 4.79 Å². The third kappa shape index (κ3) is 3.26. The third-order valence-corrected chi connectivity index (χ3v) is 5.80. The van der Waals surface area contributed by atoms with Crippen molar-refractivity contribution in [2.24, 2.45) is 0 Å². The van der Waals surface area contributed by atoms with Crippen LogP contribution in [0.5, 0.6) is 0 Å². The van der Waals surface area contributed by atoms with Crippen LogP contribution in [0.4, 0.5) is 0 Å². The molecule has 3 heterocycles. The highest BCUT2D eigenvalue weighted by Crippen LogP contribution is 2.33. The Kier molecular flexibility index (Phi) is 4.76. The summed E-state index contributed by atoms with van der Waals surface area (Å²) in [6.07, 6.45) is 3.11. The van der Waals surface area contributed by atoms with Crippen molar-refractivity contribution in [2.45, 2.75) is 52.2 Å². The summed E-state index contributed by atoms with van der Waals surface area (Å²) >= 11 is 0. The van der Waals surface area contributed by atoms with Gasteiger partial charge in [0.25, 0.3) is 0 Å². The van der Waals surface area contributed by atoms with E-state index < -0.39 is 0 Å². The molecule has 1 aromatic carbocycles. The summed E-state index contributed by atoms with van der Waals surface area (Å²) in [7, 11) is 0. The fraction of sp³-hybridized carbons (Fsp3) is 0.550. The lowest BCUT2D eigenvalue weighted by Gasteiger charge is -2.25. The van der Waals surface area contributed by atoms with Crippen molar-refractivity contribution in [1.29, 1.82) is 0 Å². The van der Waals surface area contributed by atoms with Crippen LogP contribution in [0.25, 0.3) is 0 Å². The van der Waals surface area contributed by atoms with Crippen LogP contribution < -0.4 is 0 Å². The molecule has 0 spiro atoms. The predicted octanol–water partition coefficient (Wildman–Crippen LogP) is 2.33. The number of aromatic nitrogens is 3. The molecule has 6 nitrogen and oxygen atoms in total. The van der Waals surface area contributed by atoms with Gasteiger partial charge in [-0.1, -0.05) is 24.3 Å². The first-order chi connectivity index (χ1) is 12.6. The van der Waals surface area contributed by atoms with Crippen LogP contribution in [0, 0.1) is 6.92 Å². The molecule has 1 fully saturated rings. The second-order valence-corrected chi connectivity index (χ2v) is 7.44. The number of fused-ring (bicyclic) bond motifs is 1. The fourth-order valence-corrected chi connectivity index (χ4v) is 4.22. The second kappa shape index (κ2) is 7.19. The first-order valence-electron chi connectivity index (χ1n) is 9.59. The minimum absolute atomic E-state index is 0.146. The van der Waals surface area contributed by atoms with Crippen molar-refractivity contribution in [3.63, 3.8) is 0 Å². The molecule has 0 N–H and O–H groups in total. The maximum Gasteiger partial charge on any atom is 0.219 e. The molecule has 138 valence electrons. The van der Waals surface area contributed by atoms with Gasteiger partial charge in [-0.3, -0.25) is 9.69 Å². The number of aryl methyl sites for hydroxylation is 1. The molecule has 1 aromatic heterocycles. The molecule has 0 radical (unpaired) electrons. The van der Waals surface area contributed by atoms with Gasteiger partial charge in [-0.25, -0.2) is 0 Å². The van der Waals surface area contributed by atoms with Crippen molar-refractivity contribution >= 4 is 5.91 Å². The number of amides is 1. The third-order valence-electron chi connectivity index (χ3n) is 5.80. The van der Waals surface area contributed by atoms with E-state index in [-0.39, 0.29) is 5.91 Å². The highest BCUT2D eigenvalue weighted by molar-refractivity contribution is 5.73. The van der Waals surface area contributed by atoms with Gasteiger partial charge in [-0.05, 0) is 37.4 Å². The Hall–Kier alpha value is -2.21. The average Bonchev–Trinajstić information content (AvgIpc) is 3.17. The molecular weight excluding hydrogens is 326 g/mol. The molecule has 0 saturated carbocycles. The average molecular weight is 353 g/mol. The monoisotopic (exact) mass is 353 g/mol. The molecule has 0 unspecified atom stereocenters. The number of benzene rings is 1. The van der Waals surface area contributed by atoms with Crippen LogP contribution in [-0.4, -0.2) is 50.1 Å². The largest absolute Gasteiger partial charge is 0.341 e. The summed E-state index contributed by atoms with van der Waals surface area (Å²) in [5.74, 6) is 2.25. The lowest BCUT2D eigenvalue weighted by Crippen LogP contribution is -2.32. The molecule has 0 bridgehead atoms. The lowest BCUT2D eigenvalue weighted by molar-refractivity contribution is -0.128. The summed E-state index contributed by atoms with van der Waals surface area (Å²) in [6, 6.07) is 8.94. The summed E-state index contributed by atoms with van der Waals surface area (Å²) in [5, 5.41) is 9.04. The van der Waals surface area contributed by atoms with Crippen molar-refractivity contribution in [1.82, 2.24) is 24.6 Å². The van der Waals surface area contributed by atoms with Gasteiger partial charge in [0.2, 0.25) is 5.91 Å². The Labute approximate surface area is 154 Å². The van der Waals surface area contributed by atoms with Gasteiger partial charge >= 0.3 is 0 Å². The van der Waals surface area contributed by atoms with E-state index in [1.807, 2.05) is 4.90 Å². The van der Waals surface area contributed by atoms with Crippen LogP contribution in [0.15, 0.2) is 24.3 Å². The van der Waals surface area contributed by atoms with Gasteiger partial charge in [0, 0.05) is 39.5 Å².